The average molecular weight is 681 g/mol. The van der Waals surface area contributed by atoms with Gasteiger partial charge in [0.05, 0.1) is 45.2 Å². The van der Waals surface area contributed by atoms with Crippen molar-refractivity contribution in [2.24, 2.45) is 5.92 Å². The highest BCUT2D eigenvalue weighted by atomic mass is 16.7. The highest BCUT2D eigenvalue weighted by Crippen LogP contribution is 2.34. The second-order valence-electron chi connectivity index (χ2n) is 11.8. The normalized spacial score (nSPS) is 51.4. The Morgan fingerprint density at radius 3 is 1.37 bits per heavy atom. The van der Waals surface area contributed by atoms with Gasteiger partial charge in [-0.2, -0.15) is 0 Å². The molecule has 46 heavy (non-hydrogen) atoms. The fraction of sp³-hybridized carbons (Fsp3) is 1.00. The van der Waals surface area contributed by atoms with Crippen molar-refractivity contribution >= 4 is 0 Å². The smallest absolute Gasteiger partial charge is 0.219 e. The number of ether oxygens (including phenoxy) is 6. The van der Waals surface area contributed by atoms with E-state index in [-0.39, 0.29) is 12.0 Å². The first kappa shape index (κ1) is 39.6. The summed E-state index contributed by atoms with van der Waals surface area (Å²) >= 11 is 0. The summed E-state index contributed by atoms with van der Waals surface area (Å²) in [5.74, 6) is -2.65. The van der Waals surface area contributed by atoms with Gasteiger partial charge in [0.15, 0.2) is 12.6 Å². The number of hydrogen-bond acceptors (Lipinski definition) is 20. The van der Waals surface area contributed by atoms with Crippen molar-refractivity contribution in [3.05, 3.63) is 0 Å². The summed E-state index contributed by atoms with van der Waals surface area (Å²) in [7, 11) is 0. The second-order valence-corrected chi connectivity index (χ2v) is 11.8. The van der Waals surface area contributed by atoms with Crippen LogP contribution in [0.25, 0.3) is 0 Å². The summed E-state index contributed by atoms with van der Waals surface area (Å²) in [6.45, 7) is 0.216. The summed E-state index contributed by atoms with van der Waals surface area (Å²) < 4.78 is 31.7. The zero-order chi connectivity index (χ0) is 34.7. The summed E-state index contributed by atoms with van der Waals surface area (Å²) in [4.78, 5) is 0. The number of hydrogen-bond donors (Lipinski definition) is 14. The van der Waals surface area contributed by atoms with Gasteiger partial charge in [-0.05, 0) is 6.92 Å². The van der Waals surface area contributed by atoms with E-state index in [9.17, 15) is 56.2 Å². The fourth-order valence-corrected chi connectivity index (χ4v) is 5.55. The molecule has 0 saturated carbocycles. The highest BCUT2D eigenvalue weighted by molar-refractivity contribution is 4.98. The molecule has 4 saturated heterocycles. The third-order valence-electron chi connectivity index (χ3n) is 8.73. The van der Waals surface area contributed by atoms with Crippen LogP contribution in [0.5, 0.6) is 0 Å². The van der Waals surface area contributed by atoms with E-state index in [4.69, 9.17) is 43.7 Å². The molecular formula is C26H48O20. The SMILES string of the molecule is CC1[C@H](C)OC(CO)[C@@H](O[C@H]2OC(CO)[C@@H](O)[C@H](O)C2O)[C@@H]1O.OCC1O[C@@H](O[C@@H]2C(O)[C@](O)(CO)O[C@@H]2CO)C(O)[C@@H](O)[C@@H]1O. The van der Waals surface area contributed by atoms with E-state index in [0.717, 1.165) is 0 Å². The molecule has 0 aromatic heterocycles. The summed E-state index contributed by atoms with van der Waals surface area (Å²) in [5, 5.41) is 135. The van der Waals surface area contributed by atoms with Crippen LogP contribution in [-0.4, -0.2) is 214 Å². The molecule has 14 N–H and O–H groups in total. The molecule has 272 valence electrons. The van der Waals surface area contributed by atoms with Crippen molar-refractivity contribution < 1.29 is 99.9 Å². The van der Waals surface area contributed by atoms with Crippen molar-refractivity contribution in [2.45, 2.75) is 124 Å². The number of aliphatic hydroxyl groups excluding tert-OH is 13. The molecule has 0 aliphatic carbocycles. The van der Waals surface area contributed by atoms with Crippen molar-refractivity contribution in [1.82, 2.24) is 0 Å². The van der Waals surface area contributed by atoms with Gasteiger partial charge in [-0.25, -0.2) is 0 Å². The van der Waals surface area contributed by atoms with Crippen LogP contribution in [0.2, 0.25) is 0 Å². The topological polar surface area (TPSA) is 339 Å². The monoisotopic (exact) mass is 680 g/mol. The Hall–Kier alpha value is -0.800. The van der Waals surface area contributed by atoms with Crippen molar-refractivity contribution in [3.8, 4) is 0 Å². The molecular weight excluding hydrogens is 632 g/mol. The highest BCUT2D eigenvalue weighted by Gasteiger charge is 2.56. The first-order chi connectivity index (χ1) is 21.6. The van der Waals surface area contributed by atoms with Gasteiger partial charge in [-0.1, -0.05) is 6.92 Å². The first-order valence-corrected chi connectivity index (χ1v) is 14.8. The van der Waals surface area contributed by atoms with Gasteiger partial charge in [-0.3, -0.25) is 0 Å². The van der Waals surface area contributed by atoms with E-state index in [1.165, 1.54) is 0 Å². The molecule has 20 nitrogen and oxygen atoms in total. The van der Waals surface area contributed by atoms with Crippen molar-refractivity contribution in [1.29, 1.82) is 0 Å². The lowest BCUT2D eigenvalue weighted by Crippen LogP contribution is -2.63. The van der Waals surface area contributed by atoms with E-state index in [0.29, 0.717) is 0 Å². The Balaban J connectivity index is 0.000000250. The van der Waals surface area contributed by atoms with Crippen LogP contribution < -0.4 is 0 Å². The quantitative estimate of drug-likeness (QED) is 0.107. The van der Waals surface area contributed by atoms with E-state index in [2.05, 4.69) is 0 Å². The molecule has 4 fully saturated rings. The molecule has 0 aromatic carbocycles. The van der Waals surface area contributed by atoms with Crippen molar-refractivity contribution in [2.75, 3.05) is 33.0 Å². The van der Waals surface area contributed by atoms with Crippen LogP contribution >= 0.6 is 0 Å². The van der Waals surface area contributed by atoms with Gasteiger partial charge in [0.25, 0.3) is 0 Å². The predicted molar refractivity (Wildman–Crippen MR) is 144 cm³/mol. The van der Waals surface area contributed by atoms with E-state index in [1.807, 2.05) is 0 Å². The Bertz CT molecular complexity index is 870. The molecule has 20 heteroatoms. The van der Waals surface area contributed by atoms with Gasteiger partial charge in [0.1, 0.15) is 79.4 Å². The maximum atomic E-state index is 10.4. The lowest BCUT2D eigenvalue weighted by molar-refractivity contribution is -0.337. The number of aliphatic hydroxyl groups is 14. The minimum absolute atomic E-state index is 0.285. The van der Waals surface area contributed by atoms with Crippen LogP contribution in [0, 0.1) is 5.92 Å². The van der Waals surface area contributed by atoms with Gasteiger partial charge in [0.2, 0.25) is 5.79 Å². The number of rotatable bonds is 9. The summed E-state index contributed by atoms with van der Waals surface area (Å²) in [6.07, 6.45) is -22.4. The molecule has 19 atom stereocenters. The minimum atomic E-state index is -2.37. The van der Waals surface area contributed by atoms with Crippen LogP contribution in [0.1, 0.15) is 13.8 Å². The van der Waals surface area contributed by atoms with Crippen LogP contribution in [0.15, 0.2) is 0 Å². The molecule has 4 rings (SSSR count). The zero-order valence-corrected chi connectivity index (χ0v) is 25.1. The summed E-state index contributed by atoms with van der Waals surface area (Å²) in [6, 6.07) is 0. The zero-order valence-electron chi connectivity index (χ0n) is 25.1. The third kappa shape index (κ3) is 8.14. The van der Waals surface area contributed by atoms with Crippen LogP contribution in [-0.2, 0) is 28.4 Å². The predicted octanol–water partition coefficient (Wildman–Crippen LogP) is -8.45. The molecule has 4 aliphatic rings. The standard InChI is InChI=1S/C14H26O9.C12H22O11/c1-5-6(2)21-8(4-16)13(9(5)17)23-14-12(20)11(19)10(18)7(3-15)22-14;13-1-4-6(16)7(17)8(18)11(21-4)22-9-5(2-14)23-12(20,3-15)10(9)19/h5-20H,3-4H2,1-2H3;4-11,13-20H,1-3H2/t5?,6-,7?,8?,9+,10+,11-,12?,13+,14+;4?,5-,6-,7+,8?,9+,10?,11+,12+/m01/s1. The maximum absolute atomic E-state index is 10.4. The van der Waals surface area contributed by atoms with Crippen LogP contribution in [0.3, 0.4) is 0 Å². The molecule has 7 unspecified atom stereocenters. The molecule has 4 heterocycles. The lowest BCUT2D eigenvalue weighted by atomic mass is 9.88. The second kappa shape index (κ2) is 16.7. The first-order valence-electron chi connectivity index (χ1n) is 14.8. The molecule has 0 bridgehead atoms. The van der Waals surface area contributed by atoms with Gasteiger partial charge < -0.3 is 99.9 Å². The molecule has 4 aliphatic heterocycles. The molecule has 0 aromatic rings. The largest absolute Gasteiger partial charge is 0.394 e. The molecule has 0 radical (unpaired) electrons. The van der Waals surface area contributed by atoms with E-state index in [1.54, 1.807) is 13.8 Å². The van der Waals surface area contributed by atoms with Crippen LogP contribution in [0.4, 0.5) is 0 Å². The van der Waals surface area contributed by atoms with E-state index < -0.39 is 137 Å². The Kier molecular flexibility index (Phi) is 14.4. The Morgan fingerprint density at radius 2 is 0.957 bits per heavy atom. The molecule has 0 spiro atoms. The Labute approximate surface area is 263 Å². The lowest BCUT2D eigenvalue weighted by Gasteiger charge is -2.46. The summed E-state index contributed by atoms with van der Waals surface area (Å²) in [5.41, 5.74) is 0. The molecule has 0 amide bonds. The van der Waals surface area contributed by atoms with E-state index >= 15 is 0 Å². The van der Waals surface area contributed by atoms with Gasteiger partial charge in [-0.15, -0.1) is 0 Å². The minimum Gasteiger partial charge on any atom is -0.394 e. The van der Waals surface area contributed by atoms with Crippen molar-refractivity contribution in [3.63, 3.8) is 0 Å². The van der Waals surface area contributed by atoms with Gasteiger partial charge >= 0.3 is 0 Å². The maximum Gasteiger partial charge on any atom is 0.219 e. The average Bonchev–Trinajstić information content (AvgIpc) is 3.30. The Morgan fingerprint density at radius 1 is 0.522 bits per heavy atom. The third-order valence-corrected chi connectivity index (χ3v) is 8.73. The van der Waals surface area contributed by atoms with Gasteiger partial charge in [0, 0.05) is 5.92 Å². The fourth-order valence-electron chi connectivity index (χ4n) is 5.55.